The third-order valence-electron chi connectivity index (χ3n) is 2.83. The van der Waals surface area contributed by atoms with Gasteiger partial charge in [-0.05, 0) is 20.3 Å². The summed E-state index contributed by atoms with van der Waals surface area (Å²) in [5, 5.41) is 4.45. The van der Waals surface area contributed by atoms with E-state index in [2.05, 4.69) is 34.1 Å². The second-order valence-corrected chi connectivity index (χ2v) is 5.77. The van der Waals surface area contributed by atoms with E-state index < -0.39 is 0 Å². The van der Waals surface area contributed by atoms with Gasteiger partial charge in [0, 0.05) is 29.9 Å². The molecule has 1 N–H and O–H groups in total. The molecule has 0 bridgehead atoms. The first-order chi connectivity index (χ1) is 9.62. The van der Waals surface area contributed by atoms with Crippen LogP contribution < -0.4 is 5.32 Å². The van der Waals surface area contributed by atoms with Crippen molar-refractivity contribution < 1.29 is 4.74 Å². The molecule has 2 heterocycles. The molecule has 2 rings (SSSR count). The third-order valence-corrected chi connectivity index (χ3v) is 4.15. The quantitative estimate of drug-likeness (QED) is 0.886. The standard InChI is InChI=1S/C14H20N4OS/c1-5-11-7-15-14(20-11)10(3)17-12-6-9(2)16-13(18-12)8-19-4/h6-7,10H,5,8H2,1-4H3,(H,16,17,18). The number of nitrogens with zero attached hydrogens (tertiary/aromatic N) is 3. The van der Waals surface area contributed by atoms with Crippen LogP contribution in [0.3, 0.4) is 0 Å². The number of nitrogens with one attached hydrogen (secondary N) is 1. The van der Waals surface area contributed by atoms with Gasteiger partial charge in [-0.1, -0.05) is 6.92 Å². The van der Waals surface area contributed by atoms with Crippen molar-refractivity contribution >= 4 is 17.2 Å². The Labute approximate surface area is 123 Å². The van der Waals surface area contributed by atoms with Crippen LogP contribution in [0.2, 0.25) is 0 Å². The molecule has 0 amide bonds. The first kappa shape index (κ1) is 14.9. The fraction of sp³-hybridized carbons (Fsp3) is 0.500. The number of aromatic nitrogens is 3. The Balaban J connectivity index is 2.12. The Bertz CT molecular complexity index is 570. The van der Waals surface area contributed by atoms with E-state index in [9.17, 15) is 0 Å². The molecule has 0 aliphatic heterocycles. The van der Waals surface area contributed by atoms with Gasteiger partial charge >= 0.3 is 0 Å². The molecule has 1 atom stereocenters. The lowest BCUT2D eigenvalue weighted by Crippen LogP contribution is -2.10. The summed E-state index contributed by atoms with van der Waals surface area (Å²) in [6.45, 7) is 6.60. The maximum Gasteiger partial charge on any atom is 0.156 e. The highest BCUT2D eigenvalue weighted by molar-refractivity contribution is 7.11. The summed E-state index contributed by atoms with van der Waals surface area (Å²) in [5.74, 6) is 1.50. The zero-order valence-electron chi connectivity index (χ0n) is 12.3. The summed E-state index contributed by atoms with van der Waals surface area (Å²) in [5.41, 5.74) is 0.926. The molecule has 0 saturated heterocycles. The molecular weight excluding hydrogens is 272 g/mol. The summed E-state index contributed by atoms with van der Waals surface area (Å²) in [6, 6.07) is 2.06. The van der Waals surface area contributed by atoms with Crippen molar-refractivity contribution in [3.63, 3.8) is 0 Å². The van der Waals surface area contributed by atoms with Gasteiger partial charge in [-0.3, -0.25) is 0 Å². The molecule has 0 aliphatic rings. The van der Waals surface area contributed by atoms with E-state index in [0.717, 1.165) is 22.9 Å². The first-order valence-corrected chi connectivity index (χ1v) is 7.48. The lowest BCUT2D eigenvalue weighted by molar-refractivity contribution is 0.177. The molecule has 0 aromatic carbocycles. The van der Waals surface area contributed by atoms with Crippen molar-refractivity contribution in [2.24, 2.45) is 0 Å². The van der Waals surface area contributed by atoms with Gasteiger partial charge < -0.3 is 10.1 Å². The van der Waals surface area contributed by atoms with Crippen LogP contribution in [0, 0.1) is 6.92 Å². The van der Waals surface area contributed by atoms with Gasteiger partial charge in [-0.25, -0.2) is 15.0 Å². The van der Waals surface area contributed by atoms with Crippen LogP contribution in [0.5, 0.6) is 0 Å². The Morgan fingerprint density at radius 1 is 1.40 bits per heavy atom. The van der Waals surface area contributed by atoms with E-state index in [0.29, 0.717) is 12.4 Å². The van der Waals surface area contributed by atoms with E-state index in [1.54, 1.807) is 18.4 Å². The third kappa shape index (κ3) is 3.74. The Kier molecular flexibility index (Phi) is 5.03. The fourth-order valence-electron chi connectivity index (χ4n) is 1.87. The van der Waals surface area contributed by atoms with E-state index in [1.807, 2.05) is 19.2 Å². The second-order valence-electron chi connectivity index (χ2n) is 4.63. The fourth-order valence-corrected chi connectivity index (χ4v) is 2.73. The summed E-state index contributed by atoms with van der Waals surface area (Å²) >= 11 is 1.74. The van der Waals surface area contributed by atoms with Gasteiger partial charge in [-0.15, -0.1) is 11.3 Å². The number of hydrogen-bond acceptors (Lipinski definition) is 6. The van der Waals surface area contributed by atoms with Crippen LogP contribution in [0.1, 0.15) is 41.3 Å². The monoisotopic (exact) mass is 292 g/mol. The molecule has 0 spiro atoms. The summed E-state index contributed by atoms with van der Waals surface area (Å²) in [7, 11) is 1.64. The van der Waals surface area contributed by atoms with Crippen LogP contribution >= 0.6 is 11.3 Å². The van der Waals surface area contributed by atoms with Crippen LogP contribution in [0.4, 0.5) is 5.82 Å². The summed E-state index contributed by atoms with van der Waals surface area (Å²) < 4.78 is 5.08. The summed E-state index contributed by atoms with van der Waals surface area (Å²) in [4.78, 5) is 14.5. The van der Waals surface area contributed by atoms with Gasteiger partial charge in [0.15, 0.2) is 5.82 Å². The average Bonchev–Trinajstić information content (AvgIpc) is 2.87. The highest BCUT2D eigenvalue weighted by Crippen LogP contribution is 2.23. The Morgan fingerprint density at radius 2 is 2.20 bits per heavy atom. The van der Waals surface area contributed by atoms with E-state index >= 15 is 0 Å². The minimum atomic E-state index is 0.130. The number of aryl methyl sites for hydroxylation is 2. The van der Waals surface area contributed by atoms with Crippen LogP contribution in [0.25, 0.3) is 0 Å². The van der Waals surface area contributed by atoms with Gasteiger partial charge in [0.1, 0.15) is 17.4 Å². The highest BCUT2D eigenvalue weighted by atomic mass is 32.1. The molecule has 2 aromatic heterocycles. The second kappa shape index (κ2) is 6.76. The van der Waals surface area contributed by atoms with E-state index in [4.69, 9.17) is 4.74 Å². The predicted octanol–water partition coefficient (Wildman–Crippen LogP) is 3.12. The lowest BCUT2D eigenvalue weighted by atomic mass is 10.3. The zero-order valence-corrected chi connectivity index (χ0v) is 13.1. The number of rotatable bonds is 6. The number of hydrogen-bond donors (Lipinski definition) is 1. The van der Waals surface area contributed by atoms with Gasteiger partial charge in [0.25, 0.3) is 0 Å². The van der Waals surface area contributed by atoms with Crippen molar-refractivity contribution in [1.82, 2.24) is 15.0 Å². The zero-order chi connectivity index (χ0) is 14.5. The molecule has 0 saturated carbocycles. The molecule has 0 radical (unpaired) electrons. The molecule has 2 aromatic rings. The number of anilines is 1. The molecule has 20 heavy (non-hydrogen) atoms. The maximum atomic E-state index is 5.08. The molecule has 1 unspecified atom stereocenters. The normalized spacial score (nSPS) is 12.4. The number of ether oxygens (including phenoxy) is 1. The Hall–Kier alpha value is -1.53. The Morgan fingerprint density at radius 3 is 2.85 bits per heavy atom. The van der Waals surface area contributed by atoms with Crippen molar-refractivity contribution in [2.45, 2.75) is 39.8 Å². The predicted molar refractivity (Wildman–Crippen MR) is 81.0 cm³/mol. The molecule has 6 heteroatoms. The smallest absolute Gasteiger partial charge is 0.156 e. The van der Waals surface area contributed by atoms with Crippen molar-refractivity contribution in [1.29, 1.82) is 0 Å². The minimum absolute atomic E-state index is 0.130. The van der Waals surface area contributed by atoms with Crippen molar-refractivity contribution in [2.75, 3.05) is 12.4 Å². The van der Waals surface area contributed by atoms with Gasteiger partial charge in [0.2, 0.25) is 0 Å². The van der Waals surface area contributed by atoms with Crippen LogP contribution in [0.15, 0.2) is 12.3 Å². The highest BCUT2D eigenvalue weighted by Gasteiger charge is 2.11. The van der Waals surface area contributed by atoms with Crippen molar-refractivity contribution in [3.05, 3.63) is 33.7 Å². The van der Waals surface area contributed by atoms with E-state index in [-0.39, 0.29) is 6.04 Å². The average molecular weight is 292 g/mol. The molecular formula is C14H20N4OS. The number of thiazole rings is 1. The van der Waals surface area contributed by atoms with E-state index in [1.165, 1.54) is 4.88 Å². The molecule has 108 valence electrons. The molecule has 5 nitrogen and oxygen atoms in total. The van der Waals surface area contributed by atoms with Gasteiger partial charge in [-0.2, -0.15) is 0 Å². The topological polar surface area (TPSA) is 59.9 Å². The maximum absolute atomic E-state index is 5.08. The summed E-state index contributed by atoms with van der Waals surface area (Å²) in [6.07, 6.45) is 2.97. The lowest BCUT2D eigenvalue weighted by Gasteiger charge is -2.13. The molecule has 0 fully saturated rings. The number of methoxy groups -OCH3 is 1. The van der Waals surface area contributed by atoms with Gasteiger partial charge in [0.05, 0.1) is 6.04 Å². The SMILES string of the molecule is CCc1cnc(C(C)Nc2cc(C)nc(COC)n2)s1. The van der Waals surface area contributed by atoms with Crippen molar-refractivity contribution in [3.8, 4) is 0 Å². The largest absolute Gasteiger partial charge is 0.377 e. The van der Waals surface area contributed by atoms with Crippen LogP contribution in [-0.2, 0) is 17.8 Å². The first-order valence-electron chi connectivity index (χ1n) is 6.67. The molecule has 0 aliphatic carbocycles. The van der Waals surface area contributed by atoms with Crippen LogP contribution in [-0.4, -0.2) is 22.1 Å². The minimum Gasteiger partial charge on any atom is -0.377 e.